The zero-order valence-electron chi connectivity index (χ0n) is 34.5. The van der Waals surface area contributed by atoms with Gasteiger partial charge in [-0.15, -0.1) is 0 Å². The van der Waals surface area contributed by atoms with E-state index in [2.05, 4.69) is 51.5 Å². The molecular formula is C41H58F3N5O9S. The molecule has 0 spiro atoms. The number of amides is 4. The van der Waals surface area contributed by atoms with Crippen molar-refractivity contribution in [2.24, 2.45) is 23.5 Å². The van der Waals surface area contributed by atoms with Crippen molar-refractivity contribution in [3.63, 3.8) is 0 Å². The van der Waals surface area contributed by atoms with Crippen LogP contribution in [0.1, 0.15) is 102 Å². The Morgan fingerprint density at radius 1 is 1.10 bits per heavy atom. The number of carbonyl (C=O) groups is 5. The number of nitrogens with one attached hydrogen (secondary N) is 2. The van der Waals surface area contributed by atoms with Crippen LogP contribution in [-0.4, -0.2) is 95.2 Å². The van der Waals surface area contributed by atoms with Crippen LogP contribution < -0.4 is 25.2 Å². The minimum atomic E-state index is -4.60. The molecule has 1 saturated heterocycles. The SMILES string of the molecule is CC(C)(OC(N)=O)C(F)(F)F.CCC1CC(=O)N2CCCC2C(=O)NC2C[C@H]2/C=C\CC[C@@H](C)C1.COc1ccc2c(OC)ncc(C(=O)O)c2c1.O=CNSC1CC1. The van der Waals surface area contributed by atoms with E-state index in [0.717, 1.165) is 70.6 Å². The molecule has 3 heterocycles. The predicted octanol–water partition coefficient (Wildman–Crippen LogP) is 7.19. The first-order valence-corrected chi connectivity index (χ1v) is 20.6. The van der Waals surface area contributed by atoms with Gasteiger partial charge in [0.2, 0.25) is 29.7 Å². The molecule has 0 bridgehead atoms. The van der Waals surface area contributed by atoms with Gasteiger partial charge in [-0.1, -0.05) is 32.4 Å². The van der Waals surface area contributed by atoms with E-state index in [0.29, 0.717) is 46.6 Å². The van der Waals surface area contributed by atoms with E-state index < -0.39 is 23.8 Å². The summed E-state index contributed by atoms with van der Waals surface area (Å²) >= 11 is 1.52. The molecule has 6 rings (SSSR count). The fraction of sp³-hybridized carbons (Fsp3) is 0.610. The highest BCUT2D eigenvalue weighted by atomic mass is 32.2. The zero-order chi connectivity index (χ0) is 43.9. The zero-order valence-corrected chi connectivity index (χ0v) is 35.3. The van der Waals surface area contributed by atoms with E-state index in [1.807, 2.05) is 4.90 Å². The number of aromatic carboxylic acids is 1. The molecule has 2 aliphatic carbocycles. The van der Waals surface area contributed by atoms with E-state index >= 15 is 0 Å². The molecule has 2 aromatic rings. The van der Waals surface area contributed by atoms with Gasteiger partial charge in [-0.05, 0) is 113 Å². The van der Waals surface area contributed by atoms with Crippen LogP contribution in [-0.2, 0) is 19.1 Å². The minimum Gasteiger partial charge on any atom is -0.497 e. The maximum absolute atomic E-state index is 12.8. The van der Waals surface area contributed by atoms with E-state index in [4.69, 9.17) is 14.6 Å². The molecule has 0 radical (unpaired) electrons. The third-order valence-corrected chi connectivity index (χ3v) is 11.4. The maximum atomic E-state index is 12.8. The number of methoxy groups -OCH3 is 2. The number of alkyl halides is 3. The van der Waals surface area contributed by atoms with Crippen LogP contribution in [0.4, 0.5) is 18.0 Å². The number of nitrogens with zero attached hydrogens (tertiary/aromatic N) is 2. The number of hydrogen-bond donors (Lipinski definition) is 4. The van der Waals surface area contributed by atoms with E-state index in [1.165, 1.54) is 51.6 Å². The van der Waals surface area contributed by atoms with E-state index in [9.17, 15) is 37.1 Å². The molecule has 3 fully saturated rings. The second-order valence-electron chi connectivity index (χ2n) is 15.5. The Hall–Kier alpha value is -4.74. The number of pyridine rings is 1. The molecule has 1 aromatic heterocycles. The standard InChI is InChI=1S/C20H32N2O2.C12H11NO4.C5H8F3NO2.C4H7NOS/c1-3-15-11-14(2)7-4-5-8-16-13-17(16)21-20(24)18-9-6-10-22(18)19(23)12-15;1-16-7-3-4-8-9(5-7)10(12(14)15)6-13-11(8)17-2;1-4(2,5(6,7)8)11-3(9)10;6-3-5-7-4-1-2-4/h5,8,14-18H,3-4,6-7,9-13H2,1-2H3,(H,21,24);3-6H,1-2H3,(H,14,15);1-2H3,(H2,9,10);3-4H,1-2H2,(H,5,6)/b8-5-;;;/t14-,15?,16-,17?,18?;;;/m1.../s1. The second-order valence-corrected chi connectivity index (χ2v) is 16.6. The fourth-order valence-electron chi connectivity index (χ4n) is 6.58. The van der Waals surface area contributed by atoms with Crippen LogP contribution in [0.3, 0.4) is 0 Å². The summed E-state index contributed by atoms with van der Waals surface area (Å²) in [5, 5.41) is 14.2. The van der Waals surface area contributed by atoms with Crippen molar-refractivity contribution in [2.45, 2.75) is 121 Å². The number of allylic oxidation sites excluding steroid dienone is 1. The van der Waals surface area contributed by atoms with Gasteiger partial charge in [-0.2, -0.15) is 13.2 Å². The highest BCUT2D eigenvalue weighted by molar-refractivity contribution is 7.98. The molecule has 4 amide bonds. The summed E-state index contributed by atoms with van der Waals surface area (Å²) in [5.74, 6) is 1.81. The van der Waals surface area contributed by atoms with Gasteiger partial charge >= 0.3 is 18.2 Å². The first-order chi connectivity index (χ1) is 27.8. The van der Waals surface area contributed by atoms with Crippen molar-refractivity contribution in [3.05, 3.63) is 42.1 Å². The lowest BCUT2D eigenvalue weighted by molar-refractivity contribution is -0.243. The van der Waals surface area contributed by atoms with Crippen molar-refractivity contribution in [3.8, 4) is 11.6 Å². The minimum absolute atomic E-state index is 0.0676. The highest BCUT2D eigenvalue weighted by Crippen LogP contribution is 2.35. The molecule has 59 heavy (non-hydrogen) atoms. The van der Waals surface area contributed by atoms with Crippen LogP contribution in [0.15, 0.2) is 36.5 Å². The number of hydrogen-bond acceptors (Lipinski definition) is 10. The average molecular weight is 854 g/mol. The van der Waals surface area contributed by atoms with Crippen molar-refractivity contribution < 1.29 is 56.5 Å². The number of carboxylic acids is 1. The Morgan fingerprint density at radius 3 is 2.37 bits per heavy atom. The molecule has 4 aliphatic rings. The Morgan fingerprint density at radius 2 is 1.81 bits per heavy atom. The molecule has 328 valence electrons. The monoisotopic (exact) mass is 853 g/mol. The Balaban J connectivity index is 0.000000231. The smallest absolute Gasteiger partial charge is 0.427 e. The van der Waals surface area contributed by atoms with Crippen LogP contribution >= 0.6 is 11.9 Å². The molecule has 2 saturated carbocycles. The van der Waals surface area contributed by atoms with E-state index in [-0.39, 0.29) is 29.5 Å². The number of ether oxygens (including phenoxy) is 3. The van der Waals surface area contributed by atoms with Gasteiger partial charge in [0.05, 0.1) is 19.8 Å². The largest absolute Gasteiger partial charge is 0.497 e. The van der Waals surface area contributed by atoms with Gasteiger partial charge in [-0.3, -0.25) is 14.4 Å². The number of benzene rings is 1. The molecule has 3 unspecified atom stereocenters. The molecule has 14 nitrogen and oxygen atoms in total. The fourth-order valence-corrected chi connectivity index (χ4v) is 7.20. The van der Waals surface area contributed by atoms with Gasteiger partial charge in [0.15, 0.2) is 0 Å². The second kappa shape index (κ2) is 22.6. The third kappa shape index (κ3) is 15.4. The number of fused-ring (bicyclic) bond motifs is 3. The van der Waals surface area contributed by atoms with Crippen LogP contribution in [0, 0.1) is 17.8 Å². The Bertz CT molecular complexity index is 1780. The molecule has 5 atom stereocenters. The van der Waals surface area contributed by atoms with Crippen molar-refractivity contribution in [2.75, 3.05) is 20.8 Å². The molecular weight excluding hydrogens is 796 g/mol. The summed E-state index contributed by atoms with van der Waals surface area (Å²) in [5.41, 5.74) is 2.02. The van der Waals surface area contributed by atoms with E-state index in [1.54, 1.807) is 18.2 Å². The highest BCUT2D eigenvalue weighted by Gasteiger charge is 2.50. The summed E-state index contributed by atoms with van der Waals surface area (Å²) < 4.78 is 52.1. The lowest BCUT2D eigenvalue weighted by Gasteiger charge is -2.27. The van der Waals surface area contributed by atoms with Crippen molar-refractivity contribution in [1.82, 2.24) is 19.9 Å². The molecule has 18 heteroatoms. The Kier molecular flexibility index (Phi) is 18.6. The number of primary amides is 1. The van der Waals surface area contributed by atoms with Gasteiger partial charge in [-0.25, -0.2) is 14.6 Å². The van der Waals surface area contributed by atoms with Crippen LogP contribution in [0.5, 0.6) is 11.6 Å². The van der Waals surface area contributed by atoms with Crippen molar-refractivity contribution >= 4 is 53.0 Å². The summed E-state index contributed by atoms with van der Waals surface area (Å²) in [6.45, 7) is 6.68. The van der Waals surface area contributed by atoms with Gasteiger partial charge < -0.3 is 40.0 Å². The molecule has 1 aromatic carbocycles. The van der Waals surface area contributed by atoms with Gasteiger partial charge in [0.1, 0.15) is 11.8 Å². The van der Waals surface area contributed by atoms with Crippen LogP contribution in [0.2, 0.25) is 0 Å². The summed E-state index contributed by atoms with van der Waals surface area (Å²) in [4.78, 5) is 61.8. The number of carbonyl (C=O) groups excluding carboxylic acids is 4. The first kappa shape index (κ1) is 48.6. The van der Waals surface area contributed by atoms with Gasteiger partial charge in [0, 0.05) is 41.2 Å². The topological polar surface area (TPSA) is 199 Å². The number of halogens is 3. The normalized spacial score (nSPS) is 23.5. The lowest BCUT2D eigenvalue weighted by Crippen LogP contribution is -2.47. The molecule has 2 aliphatic heterocycles. The van der Waals surface area contributed by atoms with Crippen LogP contribution in [0.25, 0.3) is 10.8 Å². The molecule has 5 N–H and O–H groups in total. The number of aromatic nitrogens is 1. The lowest BCUT2D eigenvalue weighted by atomic mass is 9.88. The summed E-state index contributed by atoms with van der Waals surface area (Å²) in [7, 11) is 3.02. The predicted molar refractivity (Wildman–Crippen MR) is 218 cm³/mol. The first-order valence-electron chi connectivity index (χ1n) is 19.8. The van der Waals surface area contributed by atoms with Crippen molar-refractivity contribution in [1.29, 1.82) is 0 Å². The number of rotatable bonds is 8. The average Bonchev–Trinajstić information content (AvgIpc) is 4.10. The third-order valence-electron chi connectivity index (χ3n) is 10.4. The Labute approximate surface area is 347 Å². The summed E-state index contributed by atoms with van der Waals surface area (Å²) in [6.07, 6.45) is 11.0. The van der Waals surface area contributed by atoms with Gasteiger partial charge in [0.25, 0.3) is 0 Å². The number of carboxylic acid groups (broad SMARTS) is 1. The number of nitrogens with two attached hydrogens (primary N) is 1. The summed E-state index contributed by atoms with van der Waals surface area (Å²) in [6, 6.07) is 5.17. The quantitative estimate of drug-likeness (QED) is 0.119. The maximum Gasteiger partial charge on any atom is 0.427 e.